The Morgan fingerprint density at radius 2 is 2.06 bits per heavy atom. The Labute approximate surface area is 201 Å². The number of hydrogen-bond donors (Lipinski definition) is 1. The Morgan fingerprint density at radius 1 is 1.26 bits per heavy atom. The van der Waals surface area contributed by atoms with E-state index in [0.29, 0.717) is 30.2 Å². The van der Waals surface area contributed by atoms with Crippen molar-refractivity contribution in [3.63, 3.8) is 0 Å². The van der Waals surface area contributed by atoms with Gasteiger partial charge in [0, 0.05) is 51.4 Å². The topological polar surface area (TPSA) is 96.9 Å². The third-order valence-corrected chi connectivity index (χ3v) is 6.14. The summed E-state index contributed by atoms with van der Waals surface area (Å²) in [5, 5.41) is 2.79. The van der Waals surface area contributed by atoms with Gasteiger partial charge in [-0.1, -0.05) is 13.8 Å². The average molecular weight is 470 g/mol. The lowest BCUT2D eigenvalue weighted by molar-refractivity contribution is 0.0108. The first-order valence-electron chi connectivity index (χ1n) is 11.7. The third-order valence-electron chi connectivity index (χ3n) is 6.14. The Balaban J connectivity index is 1.91. The molecular weight excluding hydrogens is 434 g/mol. The number of anilines is 1. The minimum absolute atomic E-state index is 0.108. The highest BCUT2D eigenvalue weighted by Crippen LogP contribution is 2.26. The molecule has 9 heteroatoms. The van der Waals surface area contributed by atoms with Crippen molar-refractivity contribution in [3.05, 3.63) is 48.0 Å². The van der Waals surface area contributed by atoms with Gasteiger partial charge < -0.3 is 19.7 Å². The molecule has 0 radical (unpaired) electrons. The lowest BCUT2D eigenvalue weighted by Gasteiger charge is -2.35. The van der Waals surface area contributed by atoms with E-state index >= 15 is 0 Å². The SMILES string of the molecule is CCCN1C[C@H](C)[C@@H](OC)CN(C)C(=O)c2cc(NC(=O)c3cnccn3)ccc2OC[C@H]1C. The molecule has 0 aliphatic carbocycles. The fourth-order valence-electron chi connectivity index (χ4n) is 4.14. The van der Waals surface area contributed by atoms with E-state index in [0.717, 1.165) is 19.5 Å². The Bertz CT molecular complexity index is 971. The largest absolute Gasteiger partial charge is 0.491 e. The monoisotopic (exact) mass is 469 g/mol. The van der Waals surface area contributed by atoms with E-state index in [1.54, 1.807) is 37.3 Å². The fourth-order valence-corrected chi connectivity index (χ4v) is 4.14. The fraction of sp³-hybridized carbons (Fsp3) is 0.520. The number of carbonyl (C=O) groups excluding carboxylic acids is 2. The first kappa shape index (κ1) is 25.6. The van der Waals surface area contributed by atoms with Gasteiger partial charge in [-0.25, -0.2) is 4.98 Å². The molecule has 0 saturated carbocycles. The summed E-state index contributed by atoms with van der Waals surface area (Å²) in [6, 6.07) is 5.26. The summed E-state index contributed by atoms with van der Waals surface area (Å²) in [7, 11) is 3.45. The second kappa shape index (κ2) is 11.9. The van der Waals surface area contributed by atoms with Crippen LogP contribution in [-0.2, 0) is 4.74 Å². The van der Waals surface area contributed by atoms with Gasteiger partial charge in [0.2, 0.25) is 0 Å². The van der Waals surface area contributed by atoms with Crippen molar-refractivity contribution in [1.29, 1.82) is 0 Å². The number of nitrogens with one attached hydrogen (secondary N) is 1. The van der Waals surface area contributed by atoms with Gasteiger partial charge in [0.15, 0.2) is 0 Å². The molecule has 1 aromatic carbocycles. The molecule has 2 aromatic rings. The van der Waals surface area contributed by atoms with E-state index < -0.39 is 5.91 Å². The van der Waals surface area contributed by atoms with Crippen LogP contribution in [0.2, 0.25) is 0 Å². The number of aromatic nitrogens is 2. The molecule has 0 unspecified atom stereocenters. The van der Waals surface area contributed by atoms with Crippen LogP contribution < -0.4 is 10.1 Å². The van der Waals surface area contributed by atoms with Crippen LogP contribution in [0.25, 0.3) is 0 Å². The predicted molar refractivity (Wildman–Crippen MR) is 130 cm³/mol. The van der Waals surface area contributed by atoms with Crippen molar-refractivity contribution in [3.8, 4) is 5.75 Å². The highest BCUT2D eigenvalue weighted by atomic mass is 16.5. The Kier molecular flexibility index (Phi) is 8.95. The third kappa shape index (κ3) is 6.30. The molecular formula is C25H35N5O4. The predicted octanol–water partition coefficient (Wildman–Crippen LogP) is 2.94. The highest BCUT2D eigenvalue weighted by Gasteiger charge is 2.28. The zero-order valence-corrected chi connectivity index (χ0v) is 20.7. The summed E-state index contributed by atoms with van der Waals surface area (Å²) in [6.07, 6.45) is 5.28. The lowest BCUT2D eigenvalue weighted by atomic mass is 10.0. The molecule has 1 aromatic heterocycles. The number of nitrogens with zero attached hydrogens (tertiary/aromatic N) is 4. The zero-order chi connectivity index (χ0) is 24.7. The van der Waals surface area contributed by atoms with Crippen LogP contribution in [0.5, 0.6) is 5.75 Å². The molecule has 0 saturated heterocycles. The Hall–Kier alpha value is -3.04. The molecule has 1 aliphatic heterocycles. The van der Waals surface area contributed by atoms with E-state index in [9.17, 15) is 9.59 Å². The minimum atomic E-state index is -0.403. The number of ether oxygens (including phenoxy) is 2. The maximum atomic E-state index is 13.4. The van der Waals surface area contributed by atoms with Crippen LogP contribution in [0.1, 0.15) is 48.0 Å². The van der Waals surface area contributed by atoms with Gasteiger partial charge in [-0.3, -0.25) is 19.5 Å². The average Bonchev–Trinajstić information content (AvgIpc) is 2.85. The van der Waals surface area contributed by atoms with Crippen molar-refractivity contribution in [1.82, 2.24) is 19.8 Å². The van der Waals surface area contributed by atoms with Gasteiger partial charge >= 0.3 is 0 Å². The van der Waals surface area contributed by atoms with Gasteiger partial charge in [0.25, 0.3) is 11.8 Å². The van der Waals surface area contributed by atoms with Gasteiger partial charge in [0.05, 0.1) is 17.9 Å². The van der Waals surface area contributed by atoms with Crippen LogP contribution in [0, 0.1) is 5.92 Å². The van der Waals surface area contributed by atoms with Crippen LogP contribution >= 0.6 is 0 Å². The van der Waals surface area contributed by atoms with E-state index in [-0.39, 0.29) is 29.7 Å². The molecule has 9 nitrogen and oxygen atoms in total. The molecule has 0 fully saturated rings. The first-order chi connectivity index (χ1) is 16.3. The molecule has 2 amide bonds. The standard InChI is InChI=1S/C25H35N5O4/c1-6-11-30-14-17(2)23(33-5)15-29(4)25(32)20-12-19(7-8-22(20)34-16-18(30)3)28-24(31)21-13-26-9-10-27-21/h7-10,12-13,17-18,23H,6,11,14-16H2,1-5H3,(H,28,31)/t17-,18+,23-/m0/s1. The number of fused-ring (bicyclic) bond motifs is 1. The number of amides is 2. The number of carbonyl (C=O) groups is 2. The summed E-state index contributed by atoms with van der Waals surface area (Å²) < 4.78 is 11.9. The van der Waals surface area contributed by atoms with E-state index in [1.165, 1.54) is 18.6 Å². The van der Waals surface area contributed by atoms with Crippen molar-refractivity contribution in [2.75, 3.05) is 45.7 Å². The van der Waals surface area contributed by atoms with Gasteiger partial charge in [-0.2, -0.15) is 0 Å². The summed E-state index contributed by atoms with van der Waals surface area (Å²) >= 11 is 0. The van der Waals surface area contributed by atoms with E-state index in [2.05, 4.69) is 41.0 Å². The zero-order valence-electron chi connectivity index (χ0n) is 20.7. The van der Waals surface area contributed by atoms with Crippen LogP contribution in [0.15, 0.2) is 36.8 Å². The van der Waals surface area contributed by atoms with Crippen molar-refractivity contribution in [2.45, 2.75) is 39.3 Å². The molecule has 2 heterocycles. The molecule has 3 atom stereocenters. The lowest BCUT2D eigenvalue weighted by Crippen LogP contribution is -2.46. The smallest absolute Gasteiger partial charge is 0.275 e. The van der Waals surface area contributed by atoms with E-state index in [4.69, 9.17) is 9.47 Å². The normalized spacial score (nSPS) is 22.2. The maximum absolute atomic E-state index is 13.4. The molecule has 184 valence electrons. The quantitative estimate of drug-likeness (QED) is 0.719. The van der Waals surface area contributed by atoms with E-state index in [1.807, 2.05) is 0 Å². The number of likely N-dealkylation sites (N-methyl/N-ethyl adjacent to an activating group) is 1. The summed E-state index contributed by atoms with van der Waals surface area (Å²) in [5.41, 5.74) is 1.05. The number of methoxy groups -OCH3 is 1. The summed E-state index contributed by atoms with van der Waals surface area (Å²) in [5.74, 6) is 0.115. The second-order valence-electron chi connectivity index (χ2n) is 8.85. The van der Waals surface area contributed by atoms with Crippen molar-refractivity contribution in [2.24, 2.45) is 5.92 Å². The maximum Gasteiger partial charge on any atom is 0.275 e. The summed E-state index contributed by atoms with van der Waals surface area (Å²) in [6.45, 7) is 9.17. The number of benzene rings is 1. The molecule has 0 spiro atoms. The highest BCUT2D eigenvalue weighted by molar-refractivity contribution is 6.04. The Morgan fingerprint density at radius 3 is 2.74 bits per heavy atom. The van der Waals surface area contributed by atoms with Crippen LogP contribution in [0.4, 0.5) is 5.69 Å². The molecule has 34 heavy (non-hydrogen) atoms. The van der Waals surface area contributed by atoms with Crippen molar-refractivity contribution < 1.29 is 19.1 Å². The number of rotatable bonds is 5. The number of hydrogen-bond acceptors (Lipinski definition) is 7. The van der Waals surface area contributed by atoms with Crippen LogP contribution in [0.3, 0.4) is 0 Å². The second-order valence-corrected chi connectivity index (χ2v) is 8.85. The first-order valence-corrected chi connectivity index (χ1v) is 11.7. The minimum Gasteiger partial charge on any atom is -0.491 e. The van der Waals surface area contributed by atoms with Crippen LogP contribution in [-0.4, -0.2) is 84.1 Å². The molecule has 1 N–H and O–H groups in total. The van der Waals surface area contributed by atoms with Gasteiger partial charge in [-0.15, -0.1) is 0 Å². The van der Waals surface area contributed by atoms with Gasteiger partial charge in [0.1, 0.15) is 18.1 Å². The molecule has 3 rings (SSSR count). The summed E-state index contributed by atoms with van der Waals surface area (Å²) in [4.78, 5) is 38.0. The van der Waals surface area contributed by atoms with Gasteiger partial charge in [-0.05, 0) is 44.0 Å². The molecule has 0 bridgehead atoms. The van der Waals surface area contributed by atoms with Crippen molar-refractivity contribution >= 4 is 17.5 Å². The molecule has 1 aliphatic rings.